The van der Waals surface area contributed by atoms with Crippen LogP contribution in [0, 0.1) is 5.82 Å². The summed E-state index contributed by atoms with van der Waals surface area (Å²) in [6.07, 6.45) is 0. The monoisotopic (exact) mass is 339 g/mol. The molecule has 1 N–H and O–H groups in total. The number of rotatable bonds is 5. The highest BCUT2D eigenvalue weighted by Crippen LogP contribution is 2.27. The van der Waals surface area contributed by atoms with Gasteiger partial charge in [-0.1, -0.05) is 15.9 Å². The molecule has 0 aliphatic heterocycles. The summed E-state index contributed by atoms with van der Waals surface area (Å²) in [6.45, 7) is 3.10. The number of anilines is 1. The zero-order valence-electron chi connectivity index (χ0n) is 11.3. The summed E-state index contributed by atoms with van der Waals surface area (Å²) in [5.74, 6) is 0.830. The Hall–Kier alpha value is -1.53. The van der Waals surface area contributed by atoms with Crippen molar-refractivity contribution in [2.24, 2.45) is 0 Å². The van der Waals surface area contributed by atoms with Gasteiger partial charge in [0.1, 0.15) is 11.6 Å². The highest BCUT2D eigenvalue weighted by Gasteiger charge is 2.11. The molecule has 0 radical (unpaired) electrons. The van der Waals surface area contributed by atoms with Crippen LogP contribution in [0.4, 0.5) is 10.2 Å². The van der Waals surface area contributed by atoms with Gasteiger partial charge in [-0.2, -0.15) is 0 Å². The Kier molecular flexibility index (Phi) is 5.03. The minimum atomic E-state index is -0.325. The molecule has 0 aliphatic carbocycles. The third kappa shape index (κ3) is 3.52. The number of benzene rings is 1. The van der Waals surface area contributed by atoms with E-state index in [1.54, 1.807) is 13.2 Å². The average Bonchev–Trinajstić information content (AvgIpc) is 2.42. The summed E-state index contributed by atoms with van der Waals surface area (Å²) in [6, 6.07) is 6.26. The molecule has 20 heavy (non-hydrogen) atoms. The van der Waals surface area contributed by atoms with Crippen molar-refractivity contribution < 1.29 is 9.13 Å². The first-order valence-corrected chi connectivity index (χ1v) is 6.99. The van der Waals surface area contributed by atoms with Crippen LogP contribution in [0.5, 0.6) is 0 Å². The fourth-order valence-electron chi connectivity index (χ4n) is 1.78. The predicted molar refractivity (Wildman–Crippen MR) is 80.0 cm³/mol. The topological polar surface area (TPSA) is 47.0 Å². The molecule has 2 rings (SSSR count). The number of methoxy groups -OCH3 is 1. The van der Waals surface area contributed by atoms with Crippen LogP contribution in [0.3, 0.4) is 0 Å². The van der Waals surface area contributed by atoms with Crippen molar-refractivity contribution in [3.05, 3.63) is 40.2 Å². The van der Waals surface area contributed by atoms with Gasteiger partial charge in [0.15, 0.2) is 5.82 Å². The molecule has 4 nitrogen and oxygen atoms in total. The van der Waals surface area contributed by atoms with Gasteiger partial charge in [0.05, 0.1) is 12.3 Å². The van der Waals surface area contributed by atoms with Crippen LogP contribution in [-0.2, 0) is 11.3 Å². The number of aromatic nitrogens is 2. The van der Waals surface area contributed by atoms with Crippen molar-refractivity contribution in [2.75, 3.05) is 19.0 Å². The third-order valence-electron chi connectivity index (χ3n) is 2.60. The molecule has 0 fully saturated rings. The average molecular weight is 340 g/mol. The highest BCUT2D eigenvalue weighted by molar-refractivity contribution is 9.10. The Bertz CT molecular complexity index is 583. The molecule has 106 valence electrons. The van der Waals surface area contributed by atoms with Crippen LogP contribution in [0.25, 0.3) is 11.4 Å². The second kappa shape index (κ2) is 6.76. The van der Waals surface area contributed by atoms with E-state index in [1.165, 1.54) is 12.1 Å². The van der Waals surface area contributed by atoms with Gasteiger partial charge >= 0.3 is 0 Å². The summed E-state index contributed by atoms with van der Waals surface area (Å²) in [7, 11) is 1.60. The maximum absolute atomic E-state index is 13.4. The molecule has 1 aromatic heterocycles. The van der Waals surface area contributed by atoms with Crippen LogP contribution >= 0.6 is 15.9 Å². The molecule has 0 spiro atoms. The second-order valence-corrected chi connectivity index (χ2v) is 5.01. The lowest BCUT2D eigenvalue weighted by Crippen LogP contribution is -2.05. The van der Waals surface area contributed by atoms with Crippen LogP contribution in [-0.4, -0.2) is 23.6 Å². The minimum absolute atomic E-state index is 0.325. The molecular weight excluding hydrogens is 325 g/mol. The van der Waals surface area contributed by atoms with Crippen molar-refractivity contribution in [3.63, 3.8) is 0 Å². The second-order valence-electron chi connectivity index (χ2n) is 4.16. The number of halogens is 2. The lowest BCUT2D eigenvalue weighted by Gasteiger charge is -2.10. The highest BCUT2D eigenvalue weighted by atomic mass is 79.9. The Morgan fingerprint density at radius 1 is 1.30 bits per heavy atom. The van der Waals surface area contributed by atoms with Crippen molar-refractivity contribution in [3.8, 4) is 11.4 Å². The zero-order chi connectivity index (χ0) is 14.5. The van der Waals surface area contributed by atoms with Gasteiger partial charge in [-0.05, 0) is 25.1 Å². The summed E-state index contributed by atoms with van der Waals surface area (Å²) in [5.41, 5.74) is 1.35. The Morgan fingerprint density at radius 2 is 2.10 bits per heavy atom. The molecule has 0 unspecified atom stereocenters. The van der Waals surface area contributed by atoms with Gasteiger partial charge in [-0.25, -0.2) is 14.4 Å². The molecule has 0 aliphatic rings. The van der Waals surface area contributed by atoms with E-state index >= 15 is 0 Å². The van der Waals surface area contributed by atoms with Gasteiger partial charge in [0, 0.05) is 29.8 Å². The molecule has 0 saturated heterocycles. The lowest BCUT2D eigenvalue weighted by molar-refractivity contribution is 0.181. The first-order chi connectivity index (χ1) is 9.63. The number of hydrogen-bond acceptors (Lipinski definition) is 4. The fraction of sp³-hybridized carbons (Fsp3) is 0.286. The van der Waals surface area contributed by atoms with E-state index in [1.807, 2.05) is 13.0 Å². The molecule has 0 saturated carbocycles. The van der Waals surface area contributed by atoms with Gasteiger partial charge in [0.25, 0.3) is 0 Å². The number of nitrogens with one attached hydrogen (secondary N) is 1. The fourth-order valence-corrected chi connectivity index (χ4v) is 2.20. The minimum Gasteiger partial charge on any atom is -0.378 e. The maximum Gasteiger partial charge on any atom is 0.163 e. The van der Waals surface area contributed by atoms with Crippen LogP contribution < -0.4 is 5.32 Å². The first kappa shape index (κ1) is 14.9. The summed E-state index contributed by atoms with van der Waals surface area (Å²) in [4.78, 5) is 8.81. The first-order valence-electron chi connectivity index (χ1n) is 6.20. The lowest BCUT2D eigenvalue weighted by atomic mass is 10.2. The van der Waals surface area contributed by atoms with E-state index in [-0.39, 0.29) is 5.82 Å². The predicted octanol–water partition coefficient (Wildman–Crippen LogP) is 3.62. The largest absolute Gasteiger partial charge is 0.378 e. The van der Waals surface area contributed by atoms with Crippen molar-refractivity contribution in [2.45, 2.75) is 13.5 Å². The quantitative estimate of drug-likeness (QED) is 0.903. The summed E-state index contributed by atoms with van der Waals surface area (Å²) in [5, 5.41) is 3.13. The van der Waals surface area contributed by atoms with E-state index < -0.39 is 0 Å². The zero-order valence-corrected chi connectivity index (χ0v) is 12.9. The van der Waals surface area contributed by atoms with Gasteiger partial charge < -0.3 is 10.1 Å². The van der Waals surface area contributed by atoms with Crippen molar-refractivity contribution >= 4 is 21.7 Å². The molecule has 0 bridgehead atoms. The van der Waals surface area contributed by atoms with Gasteiger partial charge in [0.2, 0.25) is 0 Å². The Balaban J connectivity index is 2.51. The molecule has 2 aromatic rings. The van der Waals surface area contributed by atoms with E-state index in [2.05, 4.69) is 31.2 Å². The van der Waals surface area contributed by atoms with Crippen LogP contribution in [0.2, 0.25) is 0 Å². The molecule has 1 heterocycles. The third-order valence-corrected chi connectivity index (χ3v) is 3.29. The van der Waals surface area contributed by atoms with E-state index in [4.69, 9.17) is 4.74 Å². The van der Waals surface area contributed by atoms with Gasteiger partial charge in [-0.3, -0.25) is 0 Å². The normalized spacial score (nSPS) is 10.6. The SMILES string of the molecule is CCNc1cc(COC)nc(-c2cc(F)ccc2Br)n1. The number of ether oxygens (including phenoxy) is 1. The number of nitrogens with zero attached hydrogens (tertiary/aromatic N) is 2. The molecule has 1 aromatic carbocycles. The molecule has 0 atom stereocenters. The van der Waals surface area contributed by atoms with Crippen molar-refractivity contribution in [1.29, 1.82) is 0 Å². The standard InChI is InChI=1S/C14H15BrFN3O/c1-3-17-13-7-10(8-20-2)18-14(19-13)11-6-9(16)4-5-12(11)15/h4-7H,3,8H2,1-2H3,(H,17,18,19). The maximum atomic E-state index is 13.4. The van der Waals surface area contributed by atoms with E-state index in [9.17, 15) is 4.39 Å². The summed E-state index contributed by atoms with van der Waals surface area (Å²) >= 11 is 3.40. The smallest absolute Gasteiger partial charge is 0.163 e. The summed E-state index contributed by atoms with van der Waals surface area (Å²) < 4.78 is 19.3. The van der Waals surface area contributed by atoms with Crippen LogP contribution in [0.15, 0.2) is 28.7 Å². The molecule has 6 heteroatoms. The van der Waals surface area contributed by atoms with E-state index in [0.29, 0.717) is 23.8 Å². The Labute approximate surface area is 125 Å². The van der Waals surface area contributed by atoms with Gasteiger partial charge in [-0.15, -0.1) is 0 Å². The molecular formula is C14H15BrFN3O. The number of hydrogen-bond donors (Lipinski definition) is 1. The van der Waals surface area contributed by atoms with Crippen LogP contribution in [0.1, 0.15) is 12.6 Å². The van der Waals surface area contributed by atoms with Crippen molar-refractivity contribution in [1.82, 2.24) is 9.97 Å². The molecule has 0 amide bonds. The Morgan fingerprint density at radius 3 is 2.80 bits per heavy atom. The van der Waals surface area contributed by atoms with E-state index in [0.717, 1.165) is 16.7 Å².